The number of amides is 4. The number of urea groups is 1. The van der Waals surface area contributed by atoms with Gasteiger partial charge in [0.1, 0.15) is 11.9 Å². The number of anilines is 1. The van der Waals surface area contributed by atoms with Crippen LogP contribution in [0.15, 0.2) is 42.1 Å². The van der Waals surface area contributed by atoms with E-state index in [1.165, 1.54) is 7.05 Å². The third-order valence-corrected chi connectivity index (χ3v) is 5.20. The fourth-order valence-electron chi connectivity index (χ4n) is 3.88. The maximum absolute atomic E-state index is 13.4. The molecule has 2 aliphatic heterocycles. The van der Waals surface area contributed by atoms with Crippen molar-refractivity contribution in [3.8, 4) is 0 Å². The zero-order chi connectivity index (χ0) is 19.7. The van der Waals surface area contributed by atoms with Crippen molar-refractivity contribution in [2.75, 3.05) is 32.1 Å². The van der Waals surface area contributed by atoms with Crippen LogP contribution < -0.4 is 4.90 Å². The number of carbonyl (C=O) groups is 3. The molecule has 1 saturated heterocycles. The van der Waals surface area contributed by atoms with Crippen LogP contribution in [0.2, 0.25) is 0 Å². The summed E-state index contributed by atoms with van der Waals surface area (Å²) in [6.07, 6.45) is 2.09. The van der Waals surface area contributed by atoms with Gasteiger partial charge in [0.2, 0.25) is 5.91 Å². The van der Waals surface area contributed by atoms with E-state index in [9.17, 15) is 14.4 Å². The van der Waals surface area contributed by atoms with Crippen LogP contribution in [0.1, 0.15) is 20.3 Å². The summed E-state index contributed by atoms with van der Waals surface area (Å²) >= 11 is 0. The highest BCUT2D eigenvalue weighted by Crippen LogP contribution is 2.35. The third-order valence-electron chi connectivity index (χ3n) is 5.20. The number of benzene rings is 1. The smallest absolute Gasteiger partial charge is 0.327 e. The summed E-state index contributed by atoms with van der Waals surface area (Å²) in [6.45, 7) is 5.05. The molecule has 144 valence electrons. The van der Waals surface area contributed by atoms with Gasteiger partial charge in [0.25, 0.3) is 5.91 Å². The quantitative estimate of drug-likeness (QED) is 0.796. The molecule has 0 aliphatic carbocycles. The third kappa shape index (κ3) is 3.07. The summed E-state index contributed by atoms with van der Waals surface area (Å²) in [5.74, 6) is -0.949. The summed E-state index contributed by atoms with van der Waals surface area (Å²) in [4.78, 5) is 44.7. The maximum Gasteiger partial charge on any atom is 0.327 e. The minimum Gasteiger partial charge on any atom is -0.346 e. The van der Waals surface area contributed by atoms with Gasteiger partial charge in [-0.05, 0) is 31.6 Å². The standard InChI is InChI=1S/C20H26N4O3/c1-5-12-24-16(19(26)23(6-2)14-10-8-7-9-11-14)13-15-17(24)21(3)20(27)22(4)18(15)25/h7-11,13,15,17H,5-6,12H2,1-4H3. The first-order valence-electron chi connectivity index (χ1n) is 9.32. The molecular weight excluding hydrogens is 344 g/mol. The number of carbonyl (C=O) groups excluding carboxylic acids is 3. The molecule has 0 radical (unpaired) electrons. The van der Waals surface area contributed by atoms with Crippen molar-refractivity contribution in [2.45, 2.75) is 26.4 Å². The highest BCUT2D eigenvalue weighted by molar-refractivity contribution is 6.07. The molecule has 4 amide bonds. The maximum atomic E-state index is 13.4. The Morgan fingerprint density at radius 2 is 1.78 bits per heavy atom. The Hall–Kier alpha value is -2.83. The van der Waals surface area contributed by atoms with E-state index in [-0.39, 0.29) is 17.8 Å². The fraction of sp³-hybridized carbons (Fsp3) is 0.450. The molecule has 1 aromatic carbocycles. The molecule has 0 aromatic heterocycles. The first-order chi connectivity index (χ1) is 12.9. The lowest BCUT2D eigenvalue weighted by Crippen LogP contribution is -2.62. The highest BCUT2D eigenvalue weighted by Gasteiger charge is 2.50. The lowest BCUT2D eigenvalue weighted by molar-refractivity contribution is -0.137. The molecule has 3 rings (SSSR count). The molecule has 0 saturated carbocycles. The molecule has 1 aromatic rings. The Labute approximate surface area is 159 Å². The zero-order valence-corrected chi connectivity index (χ0v) is 16.3. The number of hydrogen-bond donors (Lipinski definition) is 0. The van der Waals surface area contributed by atoms with Gasteiger partial charge in [0.05, 0.1) is 5.92 Å². The Bertz CT molecular complexity index is 777. The SMILES string of the molecule is CCCN1C(C(=O)N(CC)c2ccccc2)=CC2C(=O)N(C)C(=O)N(C)C21. The number of fused-ring (bicyclic) bond motifs is 1. The van der Waals surface area contributed by atoms with Gasteiger partial charge in [-0.2, -0.15) is 0 Å². The van der Waals surface area contributed by atoms with E-state index in [0.717, 1.165) is 17.0 Å². The van der Waals surface area contributed by atoms with E-state index < -0.39 is 12.1 Å². The van der Waals surface area contributed by atoms with Crippen LogP contribution in [0.3, 0.4) is 0 Å². The Morgan fingerprint density at radius 1 is 1.11 bits per heavy atom. The van der Waals surface area contributed by atoms with E-state index >= 15 is 0 Å². The second-order valence-electron chi connectivity index (χ2n) is 6.86. The van der Waals surface area contributed by atoms with E-state index in [1.807, 2.05) is 49.1 Å². The van der Waals surface area contributed by atoms with Crippen LogP contribution in [-0.4, -0.2) is 65.9 Å². The van der Waals surface area contributed by atoms with Crippen molar-refractivity contribution >= 4 is 23.5 Å². The normalized spacial score (nSPS) is 22.1. The molecular formula is C20H26N4O3. The van der Waals surface area contributed by atoms with Gasteiger partial charge in [-0.3, -0.25) is 14.5 Å². The van der Waals surface area contributed by atoms with Gasteiger partial charge in [-0.25, -0.2) is 4.79 Å². The van der Waals surface area contributed by atoms with Crippen molar-refractivity contribution < 1.29 is 14.4 Å². The Morgan fingerprint density at radius 3 is 2.37 bits per heavy atom. The molecule has 0 N–H and O–H groups in total. The predicted molar refractivity (Wildman–Crippen MR) is 103 cm³/mol. The fourth-order valence-corrected chi connectivity index (χ4v) is 3.88. The van der Waals surface area contributed by atoms with Crippen LogP contribution >= 0.6 is 0 Å². The molecule has 1 fully saturated rings. The van der Waals surface area contributed by atoms with E-state index in [0.29, 0.717) is 18.8 Å². The number of likely N-dealkylation sites (N-methyl/N-ethyl adjacent to an activating group) is 1. The lowest BCUT2D eigenvalue weighted by Gasteiger charge is -2.43. The predicted octanol–water partition coefficient (Wildman–Crippen LogP) is 2.12. The van der Waals surface area contributed by atoms with E-state index in [1.54, 1.807) is 22.9 Å². The summed E-state index contributed by atoms with van der Waals surface area (Å²) in [6, 6.07) is 9.13. The van der Waals surface area contributed by atoms with Gasteiger partial charge in [-0.1, -0.05) is 25.1 Å². The molecule has 7 nitrogen and oxygen atoms in total. The summed E-state index contributed by atoms with van der Waals surface area (Å²) in [5.41, 5.74) is 1.30. The van der Waals surface area contributed by atoms with Crippen molar-refractivity contribution in [3.63, 3.8) is 0 Å². The average Bonchev–Trinajstić information content (AvgIpc) is 3.06. The first kappa shape index (κ1) is 18.9. The highest BCUT2D eigenvalue weighted by atomic mass is 16.2. The van der Waals surface area contributed by atoms with Crippen molar-refractivity contribution in [2.24, 2.45) is 5.92 Å². The van der Waals surface area contributed by atoms with Crippen LogP contribution in [0.4, 0.5) is 10.5 Å². The van der Waals surface area contributed by atoms with Crippen LogP contribution in [0, 0.1) is 5.92 Å². The molecule has 0 bridgehead atoms. The molecule has 2 unspecified atom stereocenters. The van der Waals surface area contributed by atoms with Crippen LogP contribution in [0.5, 0.6) is 0 Å². The minimum atomic E-state index is -0.530. The van der Waals surface area contributed by atoms with Crippen LogP contribution in [0.25, 0.3) is 0 Å². The zero-order valence-electron chi connectivity index (χ0n) is 16.3. The number of nitrogens with zero attached hydrogens (tertiary/aromatic N) is 4. The van der Waals surface area contributed by atoms with Gasteiger partial charge < -0.3 is 14.7 Å². The van der Waals surface area contributed by atoms with Crippen LogP contribution in [-0.2, 0) is 9.59 Å². The minimum absolute atomic E-state index is 0.150. The summed E-state index contributed by atoms with van der Waals surface area (Å²) in [5, 5.41) is 0. The molecule has 7 heteroatoms. The van der Waals surface area contributed by atoms with Gasteiger partial charge in [0, 0.05) is 32.9 Å². The van der Waals surface area contributed by atoms with Crippen molar-refractivity contribution in [3.05, 3.63) is 42.1 Å². The monoisotopic (exact) mass is 370 g/mol. The Balaban J connectivity index is 1.99. The van der Waals surface area contributed by atoms with Gasteiger partial charge in [-0.15, -0.1) is 0 Å². The van der Waals surface area contributed by atoms with Gasteiger partial charge >= 0.3 is 6.03 Å². The topological polar surface area (TPSA) is 64.2 Å². The second-order valence-corrected chi connectivity index (χ2v) is 6.86. The molecule has 2 atom stereocenters. The summed E-state index contributed by atoms with van der Waals surface area (Å²) < 4.78 is 0. The van der Waals surface area contributed by atoms with E-state index in [4.69, 9.17) is 0 Å². The number of imide groups is 1. The molecule has 2 heterocycles. The van der Waals surface area contributed by atoms with Gasteiger partial charge in [0.15, 0.2) is 0 Å². The average molecular weight is 370 g/mol. The van der Waals surface area contributed by atoms with E-state index in [2.05, 4.69) is 0 Å². The largest absolute Gasteiger partial charge is 0.346 e. The van der Waals surface area contributed by atoms with Crippen molar-refractivity contribution in [1.82, 2.24) is 14.7 Å². The number of rotatable bonds is 5. The second kappa shape index (κ2) is 7.42. The first-order valence-corrected chi connectivity index (χ1v) is 9.32. The lowest BCUT2D eigenvalue weighted by atomic mass is 10.0. The molecule has 2 aliphatic rings. The number of para-hydroxylation sites is 1. The summed E-state index contributed by atoms with van der Waals surface area (Å²) in [7, 11) is 3.17. The molecule has 0 spiro atoms. The molecule has 27 heavy (non-hydrogen) atoms. The van der Waals surface area contributed by atoms with Crippen molar-refractivity contribution in [1.29, 1.82) is 0 Å². The number of hydrogen-bond acceptors (Lipinski definition) is 4. The Kier molecular flexibility index (Phi) is 5.21.